The van der Waals surface area contributed by atoms with Crippen LogP contribution in [0.15, 0.2) is 0 Å². The zero-order valence-electron chi connectivity index (χ0n) is 6.70. The van der Waals surface area contributed by atoms with E-state index in [0.717, 1.165) is 0 Å². The first kappa shape index (κ1) is 10.1. The van der Waals surface area contributed by atoms with Crippen LogP contribution in [0.4, 0.5) is 0 Å². The fourth-order valence-corrected chi connectivity index (χ4v) is 0.717. The van der Waals surface area contributed by atoms with Crippen LogP contribution in [0.25, 0.3) is 0 Å². The molecule has 0 fully saturated rings. The summed E-state index contributed by atoms with van der Waals surface area (Å²) in [7, 11) is 0. The van der Waals surface area contributed by atoms with Crippen molar-refractivity contribution in [3.8, 4) is 0 Å². The molecule has 0 aromatic heterocycles. The topological polar surface area (TPSA) is 80.4 Å². The molecule has 0 unspecified atom stereocenters. The molecular formula is C7H13NO3. The highest BCUT2D eigenvalue weighted by Gasteiger charge is 2.19. The summed E-state index contributed by atoms with van der Waals surface area (Å²) < 4.78 is 0. The molecule has 0 aliphatic carbocycles. The number of carboxylic acids is 1. The number of carboxylic acid groups (broad SMARTS) is 1. The lowest BCUT2D eigenvalue weighted by atomic mass is 10.0. The molecule has 3 N–H and O–H groups in total. The molecule has 64 valence electrons. The van der Waals surface area contributed by atoms with Gasteiger partial charge in [0.05, 0.1) is 12.5 Å². The normalized spacial score (nSPS) is 13.1. The minimum atomic E-state index is -1.04. The van der Waals surface area contributed by atoms with Crippen LogP contribution in [-0.2, 0) is 9.59 Å². The minimum absolute atomic E-state index is 0.190. The van der Waals surface area contributed by atoms with E-state index in [1.807, 2.05) is 0 Å². The number of hydrogen-bond acceptors (Lipinski definition) is 3. The fourth-order valence-electron chi connectivity index (χ4n) is 0.717. The zero-order chi connectivity index (χ0) is 9.02. The number of Topliss-reactive ketones (excluding diaryl/α,β-unsaturated/α-hetero) is 1. The summed E-state index contributed by atoms with van der Waals surface area (Å²) in [6.07, 6.45) is -0.281. The first-order valence-electron chi connectivity index (χ1n) is 3.46. The van der Waals surface area contributed by atoms with Gasteiger partial charge in [0.25, 0.3) is 0 Å². The molecule has 0 heterocycles. The van der Waals surface area contributed by atoms with E-state index in [0.29, 0.717) is 0 Å². The van der Waals surface area contributed by atoms with Gasteiger partial charge in [0.1, 0.15) is 0 Å². The number of ketones is 1. The maximum atomic E-state index is 11.0. The Morgan fingerprint density at radius 1 is 1.45 bits per heavy atom. The van der Waals surface area contributed by atoms with Crippen molar-refractivity contribution < 1.29 is 14.7 Å². The number of rotatable bonds is 4. The van der Waals surface area contributed by atoms with Gasteiger partial charge < -0.3 is 10.8 Å². The van der Waals surface area contributed by atoms with Crippen molar-refractivity contribution in [2.75, 3.05) is 0 Å². The van der Waals surface area contributed by atoms with Crippen LogP contribution < -0.4 is 5.73 Å². The highest BCUT2D eigenvalue weighted by molar-refractivity contribution is 5.88. The molecule has 0 aromatic carbocycles. The van der Waals surface area contributed by atoms with Gasteiger partial charge in [-0.2, -0.15) is 0 Å². The SMILES string of the molecule is CC(C)C(=O)[C@@H](N)CC(=O)O. The number of carbonyl (C=O) groups is 2. The van der Waals surface area contributed by atoms with Gasteiger partial charge in [-0.25, -0.2) is 0 Å². The molecule has 0 saturated heterocycles. The van der Waals surface area contributed by atoms with Crippen molar-refractivity contribution in [2.24, 2.45) is 11.7 Å². The molecule has 0 radical (unpaired) electrons. The summed E-state index contributed by atoms with van der Waals surface area (Å²) in [6.45, 7) is 3.40. The average Bonchev–Trinajstić information content (AvgIpc) is 1.84. The Kier molecular flexibility index (Phi) is 3.74. The Morgan fingerprint density at radius 3 is 2.18 bits per heavy atom. The molecule has 0 aliphatic heterocycles. The number of aliphatic carboxylic acids is 1. The zero-order valence-corrected chi connectivity index (χ0v) is 6.70. The van der Waals surface area contributed by atoms with E-state index in [2.05, 4.69) is 0 Å². The van der Waals surface area contributed by atoms with Crippen molar-refractivity contribution >= 4 is 11.8 Å². The van der Waals surface area contributed by atoms with Gasteiger partial charge >= 0.3 is 5.97 Å². The lowest BCUT2D eigenvalue weighted by molar-refractivity contribution is -0.139. The molecule has 0 rings (SSSR count). The predicted molar refractivity (Wildman–Crippen MR) is 40.1 cm³/mol. The molecule has 0 saturated carbocycles. The van der Waals surface area contributed by atoms with Gasteiger partial charge in [-0.1, -0.05) is 13.8 Å². The Labute approximate surface area is 65.4 Å². The Bertz CT molecular complexity index is 165. The van der Waals surface area contributed by atoms with E-state index in [4.69, 9.17) is 10.8 Å². The van der Waals surface area contributed by atoms with Crippen molar-refractivity contribution in [1.82, 2.24) is 0 Å². The lowest BCUT2D eigenvalue weighted by Gasteiger charge is -2.09. The number of hydrogen-bond donors (Lipinski definition) is 2. The van der Waals surface area contributed by atoms with Gasteiger partial charge in [0.15, 0.2) is 5.78 Å². The smallest absolute Gasteiger partial charge is 0.305 e. The van der Waals surface area contributed by atoms with Crippen LogP contribution in [0.5, 0.6) is 0 Å². The van der Waals surface area contributed by atoms with E-state index < -0.39 is 12.0 Å². The molecule has 1 atom stereocenters. The van der Waals surface area contributed by atoms with E-state index in [1.54, 1.807) is 13.8 Å². The Morgan fingerprint density at radius 2 is 1.91 bits per heavy atom. The van der Waals surface area contributed by atoms with Crippen molar-refractivity contribution in [3.63, 3.8) is 0 Å². The van der Waals surface area contributed by atoms with Gasteiger partial charge in [-0.15, -0.1) is 0 Å². The third-order valence-corrected chi connectivity index (χ3v) is 1.33. The van der Waals surface area contributed by atoms with Crippen LogP contribution >= 0.6 is 0 Å². The standard InChI is InChI=1S/C7H13NO3/c1-4(2)7(11)5(8)3-6(9)10/h4-5H,3,8H2,1-2H3,(H,9,10)/t5-/m0/s1. The van der Waals surface area contributed by atoms with Gasteiger partial charge in [0, 0.05) is 5.92 Å². The lowest BCUT2D eigenvalue weighted by Crippen LogP contribution is -2.35. The predicted octanol–water partition coefficient (Wildman–Crippen LogP) is 0.0135. The van der Waals surface area contributed by atoms with Crippen molar-refractivity contribution in [3.05, 3.63) is 0 Å². The second-order valence-corrected chi connectivity index (χ2v) is 2.76. The minimum Gasteiger partial charge on any atom is -0.481 e. The maximum Gasteiger partial charge on any atom is 0.305 e. The molecule has 0 aromatic rings. The monoisotopic (exact) mass is 159 g/mol. The second-order valence-electron chi connectivity index (χ2n) is 2.76. The van der Waals surface area contributed by atoms with E-state index in [1.165, 1.54) is 0 Å². The van der Waals surface area contributed by atoms with Crippen molar-refractivity contribution in [1.29, 1.82) is 0 Å². The molecule has 4 heteroatoms. The van der Waals surface area contributed by atoms with Crippen LogP contribution in [0, 0.1) is 5.92 Å². The quantitative estimate of drug-likeness (QED) is 0.605. The molecule has 0 bridgehead atoms. The summed E-state index contributed by atoms with van der Waals surface area (Å²) in [5.74, 6) is -1.43. The summed E-state index contributed by atoms with van der Waals surface area (Å²) in [6, 6.07) is -0.854. The fraction of sp³-hybridized carbons (Fsp3) is 0.714. The second kappa shape index (κ2) is 4.08. The maximum absolute atomic E-state index is 11.0. The highest BCUT2D eigenvalue weighted by Crippen LogP contribution is 2.00. The van der Waals surface area contributed by atoms with Gasteiger partial charge in [-0.05, 0) is 0 Å². The summed E-state index contributed by atoms with van der Waals surface area (Å²) in [4.78, 5) is 21.1. The number of nitrogens with two attached hydrogens (primary N) is 1. The Hall–Kier alpha value is -0.900. The largest absolute Gasteiger partial charge is 0.481 e. The Balaban J connectivity index is 3.93. The third-order valence-electron chi connectivity index (χ3n) is 1.33. The summed E-state index contributed by atoms with van der Waals surface area (Å²) in [5.41, 5.74) is 5.29. The molecule has 0 spiro atoms. The molecule has 0 amide bonds. The first-order valence-corrected chi connectivity index (χ1v) is 3.46. The summed E-state index contributed by atoms with van der Waals surface area (Å²) in [5, 5.41) is 8.28. The van der Waals surface area contributed by atoms with Crippen molar-refractivity contribution in [2.45, 2.75) is 26.3 Å². The average molecular weight is 159 g/mol. The van der Waals surface area contributed by atoms with E-state index in [-0.39, 0.29) is 18.1 Å². The van der Waals surface area contributed by atoms with Crippen LogP contribution in [0.2, 0.25) is 0 Å². The molecular weight excluding hydrogens is 146 g/mol. The third kappa shape index (κ3) is 3.72. The summed E-state index contributed by atoms with van der Waals surface area (Å²) >= 11 is 0. The van der Waals surface area contributed by atoms with Gasteiger partial charge in [-0.3, -0.25) is 9.59 Å². The van der Waals surface area contributed by atoms with Crippen LogP contribution in [-0.4, -0.2) is 22.9 Å². The first-order chi connectivity index (χ1) is 4.95. The van der Waals surface area contributed by atoms with Crippen LogP contribution in [0.1, 0.15) is 20.3 Å². The molecule has 4 nitrogen and oxygen atoms in total. The van der Waals surface area contributed by atoms with Crippen LogP contribution in [0.3, 0.4) is 0 Å². The molecule has 0 aliphatic rings. The van der Waals surface area contributed by atoms with E-state index in [9.17, 15) is 9.59 Å². The van der Waals surface area contributed by atoms with Gasteiger partial charge in [0.2, 0.25) is 0 Å². The number of carbonyl (C=O) groups excluding carboxylic acids is 1. The molecule has 11 heavy (non-hydrogen) atoms. The van der Waals surface area contributed by atoms with E-state index >= 15 is 0 Å². The highest BCUT2D eigenvalue weighted by atomic mass is 16.4.